The van der Waals surface area contributed by atoms with Crippen LogP contribution in [0.15, 0.2) is 6.33 Å². The third-order valence-electron chi connectivity index (χ3n) is 5.92. The van der Waals surface area contributed by atoms with Gasteiger partial charge in [0.25, 0.3) is 0 Å². The average molecular weight is 519 g/mol. The number of nitrogens with zero attached hydrogens (tertiary/aromatic N) is 4. The zero-order valence-electron chi connectivity index (χ0n) is 16.7. The normalized spacial score (nSPS) is 28.2. The van der Waals surface area contributed by atoms with E-state index >= 15 is 0 Å². The Labute approximate surface area is 178 Å². The lowest BCUT2D eigenvalue weighted by Gasteiger charge is -2.37. The van der Waals surface area contributed by atoms with Crippen molar-refractivity contribution in [3.8, 4) is 0 Å². The van der Waals surface area contributed by atoms with Gasteiger partial charge in [0.2, 0.25) is 0 Å². The van der Waals surface area contributed by atoms with Crippen LogP contribution in [0.4, 0.5) is 5.82 Å². The number of ether oxygens (including phenoxy) is 3. The molecular weight excluding hydrogens is 493 g/mol. The van der Waals surface area contributed by atoms with E-state index in [2.05, 4.69) is 48.8 Å². The molecule has 0 unspecified atom stereocenters. The first-order valence-electron chi connectivity index (χ1n) is 9.27. The summed E-state index contributed by atoms with van der Waals surface area (Å²) in [7, 11) is -1.90. The van der Waals surface area contributed by atoms with Gasteiger partial charge >= 0.3 is 0 Å². The number of hydrogen-bond donors (Lipinski definition) is 1. The minimum atomic E-state index is -1.90. The summed E-state index contributed by atoms with van der Waals surface area (Å²) in [5, 5.41) is 0.128. The van der Waals surface area contributed by atoms with E-state index in [1.54, 1.807) is 6.33 Å². The SMILES string of the molecule is CC(C)(C)[Si](C)(C)OC[C@H]1O[C@@H](n2cnc3c(N)nc(I)nc32)[C@@H]2OCO[C@@H]21. The van der Waals surface area contributed by atoms with Crippen LogP contribution < -0.4 is 5.73 Å². The Morgan fingerprint density at radius 3 is 2.71 bits per heavy atom. The number of anilines is 1. The molecule has 2 aromatic heterocycles. The molecule has 4 atom stereocenters. The Morgan fingerprint density at radius 1 is 1.29 bits per heavy atom. The fourth-order valence-corrected chi connectivity index (χ4v) is 4.75. The van der Waals surface area contributed by atoms with E-state index in [4.69, 9.17) is 24.4 Å². The molecule has 2 fully saturated rings. The van der Waals surface area contributed by atoms with Crippen LogP contribution in [0.2, 0.25) is 18.1 Å². The fraction of sp³-hybridized carbons (Fsp3) is 0.706. The highest BCUT2D eigenvalue weighted by atomic mass is 127. The largest absolute Gasteiger partial charge is 0.414 e. The van der Waals surface area contributed by atoms with Crippen LogP contribution in [0, 0.1) is 3.83 Å². The molecule has 0 saturated carbocycles. The molecule has 0 bridgehead atoms. The van der Waals surface area contributed by atoms with E-state index in [0.29, 0.717) is 27.4 Å². The van der Waals surface area contributed by atoms with Crippen molar-refractivity contribution in [2.75, 3.05) is 19.1 Å². The quantitative estimate of drug-likeness (QED) is 0.374. The first-order valence-corrected chi connectivity index (χ1v) is 13.3. The minimum Gasteiger partial charge on any atom is -0.414 e. The van der Waals surface area contributed by atoms with Crippen molar-refractivity contribution in [3.63, 3.8) is 0 Å². The van der Waals surface area contributed by atoms with E-state index in [-0.39, 0.29) is 30.1 Å². The van der Waals surface area contributed by atoms with Gasteiger partial charge in [-0.2, -0.15) is 0 Å². The molecule has 2 N–H and O–H groups in total. The average Bonchev–Trinajstić information content (AvgIpc) is 3.26. The lowest BCUT2D eigenvalue weighted by Crippen LogP contribution is -2.44. The Balaban J connectivity index is 1.59. The molecule has 4 heterocycles. The van der Waals surface area contributed by atoms with Gasteiger partial charge in [-0.25, -0.2) is 15.0 Å². The minimum absolute atomic E-state index is 0.128. The predicted molar refractivity (Wildman–Crippen MR) is 114 cm³/mol. The van der Waals surface area contributed by atoms with Gasteiger partial charge in [-0.1, -0.05) is 20.8 Å². The second kappa shape index (κ2) is 7.13. The molecule has 0 radical (unpaired) electrons. The zero-order valence-corrected chi connectivity index (χ0v) is 19.8. The van der Waals surface area contributed by atoms with Gasteiger partial charge in [0, 0.05) is 22.6 Å². The maximum absolute atomic E-state index is 6.38. The summed E-state index contributed by atoms with van der Waals surface area (Å²) < 4.78 is 26.8. The smallest absolute Gasteiger partial charge is 0.194 e. The van der Waals surface area contributed by atoms with Crippen LogP contribution in [0.25, 0.3) is 11.2 Å². The molecule has 9 nitrogen and oxygen atoms in total. The molecule has 2 aliphatic heterocycles. The van der Waals surface area contributed by atoms with E-state index in [1.807, 2.05) is 27.2 Å². The standard InChI is InChI=1S/C17H26IN5O4Si/c1-17(2,3)28(4,5)26-6-9-11-12(25-8-24-11)15(27-9)23-7-20-10-13(19)21-16(18)22-14(10)23/h7,9,11-12,15H,6,8H2,1-5H3,(H2,19,21,22)/t9-,11-,12-,15-/m1/s1. The Bertz CT molecular complexity index is 886. The topological polar surface area (TPSA) is 107 Å². The second-order valence-corrected chi connectivity index (χ2v) is 14.5. The molecule has 0 aliphatic carbocycles. The van der Waals surface area contributed by atoms with Gasteiger partial charge in [0.05, 0.1) is 12.9 Å². The van der Waals surface area contributed by atoms with Crippen LogP contribution >= 0.6 is 22.6 Å². The van der Waals surface area contributed by atoms with Crippen molar-refractivity contribution in [2.24, 2.45) is 0 Å². The van der Waals surface area contributed by atoms with Gasteiger partial charge in [-0.05, 0) is 18.1 Å². The first kappa shape index (κ1) is 20.4. The van der Waals surface area contributed by atoms with E-state index < -0.39 is 14.5 Å². The molecule has 0 aromatic carbocycles. The van der Waals surface area contributed by atoms with Gasteiger partial charge in [-0.15, -0.1) is 0 Å². The summed E-state index contributed by atoms with van der Waals surface area (Å²) in [6.45, 7) is 11.8. The Morgan fingerprint density at radius 2 is 2.00 bits per heavy atom. The number of hydrogen-bond acceptors (Lipinski definition) is 8. The lowest BCUT2D eigenvalue weighted by atomic mass is 10.1. The van der Waals surface area contributed by atoms with Gasteiger partial charge in [0.1, 0.15) is 30.6 Å². The number of imidazole rings is 1. The second-order valence-electron chi connectivity index (χ2n) is 8.72. The maximum Gasteiger partial charge on any atom is 0.194 e. The molecule has 2 aliphatic rings. The number of nitrogen functional groups attached to an aromatic ring is 1. The molecule has 154 valence electrons. The summed E-state index contributed by atoms with van der Waals surface area (Å²) in [5.74, 6) is 0.351. The third kappa shape index (κ3) is 3.45. The number of halogens is 1. The third-order valence-corrected chi connectivity index (χ3v) is 10.9. The van der Waals surface area contributed by atoms with E-state index in [0.717, 1.165) is 0 Å². The summed E-state index contributed by atoms with van der Waals surface area (Å²) in [6.07, 6.45) is 0.606. The monoisotopic (exact) mass is 519 g/mol. The molecule has 2 saturated heterocycles. The van der Waals surface area contributed by atoms with Crippen molar-refractivity contribution < 1.29 is 18.6 Å². The highest BCUT2D eigenvalue weighted by Crippen LogP contribution is 2.41. The first-order chi connectivity index (χ1) is 13.1. The van der Waals surface area contributed by atoms with Gasteiger partial charge < -0.3 is 24.4 Å². The van der Waals surface area contributed by atoms with Gasteiger partial charge in [0.15, 0.2) is 29.8 Å². The summed E-state index contributed by atoms with van der Waals surface area (Å²) in [6, 6.07) is 0. The van der Waals surface area contributed by atoms with Crippen LogP contribution in [-0.4, -0.2) is 59.5 Å². The molecule has 2 aromatic rings. The van der Waals surface area contributed by atoms with Crippen molar-refractivity contribution in [1.29, 1.82) is 0 Å². The van der Waals surface area contributed by atoms with Crippen LogP contribution in [0.1, 0.15) is 27.0 Å². The highest BCUT2D eigenvalue weighted by Gasteiger charge is 2.52. The van der Waals surface area contributed by atoms with Gasteiger partial charge in [-0.3, -0.25) is 4.57 Å². The number of fused-ring (bicyclic) bond motifs is 2. The number of rotatable bonds is 4. The maximum atomic E-state index is 6.38. The van der Waals surface area contributed by atoms with Crippen LogP contribution in [-0.2, 0) is 18.6 Å². The summed E-state index contributed by atoms with van der Waals surface area (Å²) in [4.78, 5) is 13.0. The predicted octanol–water partition coefficient (Wildman–Crippen LogP) is 2.67. The number of nitrogens with two attached hydrogens (primary N) is 1. The summed E-state index contributed by atoms with van der Waals surface area (Å²) in [5.41, 5.74) is 7.18. The Kier molecular flexibility index (Phi) is 5.20. The summed E-state index contributed by atoms with van der Waals surface area (Å²) >= 11 is 2.04. The van der Waals surface area contributed by atoms with Crippen LogP contribution in [0.5, 0.6) is 0 Å². The molecule has 0 amide bonds. The lowest BCUT2D eigenvalue weighted by molar-refractivity contribution is -0.107. The van der Waals surface area contributed by atoms with E-state index in [1.165, 1.54) is 0 Å². The fourth-order valence-electron chi connectivity index (χ4n) is 3.25. The molecule has 4 rings (SSSR count). The van der Waals surface area contributed by atoms with Crippen molar-refractivity contribution in [1.82, 2.24) is 19.5 Å². The van der Waals surface area contributed by atoms with Crippen molar-refractivity contribution in [3.05, 3.63) is 10.2 Å². The molecular formula is C17H26IN5O4Si. The Hall–Kier alpha value is -0.863. The number of aromatic nitrogens is 4. The molecule has 0 spiro atoms. The van der Waals surface area contributed by atoms with Crippen LogP contribution in [0.3, 0.4) is 0 Å². The zero-order chi connectivity index (χ0) is 20.3. The molecule has 28 heavy (non-hydrogen) atoms. The van der Waals surface area contributed by atoms with Crippen molar-refractivity contribution >= 4 is 47.9 Å². The van der Waals surface area contributed by atoms with E-state index in [9.17, 15) is 0 Å². The van der Waals surface area contributed by atoms with Crippen molar-refractivity contribution in [2.45, 2.75) is 63.4 Å². The highest BCUT2D eigenvalue weighted by molar-refractivity contribution is 14.1. The molecule has 11 heteroatoms.